The second-order valence-electron chi connectivity index (χ2n) is 4.03. The van der Waals surface area contributed by atoms with Crippen LogP contribution in [0.3, 0.4) is 0 Å². The zero-order valence-electron chi connectivity index (χ0n) is 9.22. The van der Waals surface area contributed by atoms with E-state index in [1.165, 1.54) is 20.0 Å². The van der Waals surface area contributed by atoms with Crippen LogP contribution in [0.4, 0.5) is 0 Å². The normalized spacial score (nSPS) is 14.7. The van der Waals surface area contributed by atoms with E-state index in [-0.39, 0.29) is 0 Å². The summed E-state index contributed by atoms with van der Waals surface area (Å²) >= 11 is 0. The Morgan fingerprint density at radius 3 is 2.69 bits per heavy atom. The van der Waals surface area contributed by atoms with E-state index in [0.29, 0.717) is 29.5 Å². The Labute approximate surface area is 95.0 Å². The number of methoxy groups -OCH3 is 1. The summed E-state index contributed by atoms with van der Waals surface area (Å²) in [6, 6.07) is 5.02. The van der Waals surface area contributed by atoms with Gasteiger partial charge in [-0.3, -0.25) is 0 Å². The molecule has 0 aliphatic heterocycles. The molecule has 2 rings (SSSR count). The van der Waals surface area contributed by atoms with Crippen molar-refractivity contribution in [3.63, 3.8) is 0 Å². The minimum atomic E-state index is -1.54. The molecule has 1 saturated carbocycles. The van der Waals surface area contributed by atoms with Crippen LogP contribution in [0.2, 0.25) is 0 Å². The minimum Gasteiger partial charge on any atom is -0.497 e. The molecule has 0 spiro atoms. The van der Waals surface area contributed by atoms with E-state index >= 15 is 0 Å². The van der Waals surface area contributed by atoms with E-state index < -0.39 is 7.12 Å². The Bertz CT molecular complexity index is 363. The quantitative estimate of drug-likeness (QED) is 0.697. The molecule has 0 bridgehead atoms. The van der Waals surface area contributed by atoms with Crippen LogP contribution in [0.25, 0.3) is 0 Å². The highest BCUT2D eigenvalue weighted by molar-refractivity contribution is 6.59. The summed E-state index contributed by atoms with van der Waals surface area (Å²) in [5.74, 6) is 1.73. The summed E-state index contributed by atoms with van der Waals surface area (Å²) in [6.45, 7) is 0.645. The van der Waals surface area contributed by atoms with Gasteiger partial charge in [-0.05, 0) is 37.0 Å². The highest BCUT2D eigenvalue weighted by atomic mass is 16.5. The first-order valence-electron chi connectivity index (χ1n) is 5.37. The van der Waals surface area contributed by atoms with Crippen LogP contribution in [0.5, 0.6) is 11.5 Å². The van der Waals surface area contributed by atoms with Gasteiger partial charge in [0.1, 0.15) is 11.5 Å². The van der Waals surface area contributed by atoms with Crippen molar-refractivity contribution >= 4 is 12.6 Å². The van der Waals surface area contributed by atoms with Crippen molar-refractivity contribution < 1.29 is 19.5 Å². The van der Waals surface area contributed by atoms with E-state index in [9.17, 15) is 10.0 Å². The van der Waals surface area contributed by atoms with Gasteiger partial charge in [0.25, 0.3) is 0 Å². The van der Waals surface area contributed by atoms with Gasteiger partial charge in [-0.2, -0.15) is 0 Å². The SMILES string of the molecule is COc1ccc(OCC2CC2)c(B(O)O)c1. The predicted molar refractivity (Wildman–Crippen MR) is 61.0 cm³/mol. The average molecular weight is 222 g/mol. The molecule has 86 valence electrons. The lowest BCUT2D eigenvalue weighted by atomic mass is 9.79. The van der Waals surface area contributed by atoms with Gasteiger partial charge >= 0.3 is 7.12 Å². The first kappa shape index (κ1) is 11.3. The van der Waals surface area contributed by atoms with E-state index in [0.717, 1.165) is 0 Å². The topological polar surface area (TPSA) is 58.9 Å². The molecule has 0 atom stereocenters. The molecule has 5 heteroatoms. The largest absolute Gasteiger partial charge is 0.497 e. The van der Waals surface area contributed by atoms with Gasteiger partial charge in [-0.15, -0.1) is 0 Å². The fourth-order valence-electron chi connectivity index (χ4n) is 1.48. The van der Waals surface area contributed by atoms with Crippen LogP contribution in [0.1, 0.15) is 12.8 Å². The van der Waals surface area contributed by atoms with Gasteiger partial charge in [-0.1, -0.05) is 0 Å². The molecule has 2 N–H and O–H groups in total. The highest BCUT2D eigenvalue weighted by Crippen LogP contribution is 2.29. The molecule has 0 saturated heterocycles. The molecule has 1 aliphatic rings. The predicted octanol–water partition coefficient (Wildman–Crippen LogP) is 0.164. The van der Waals surface area contributed by atoms with Gasteiger partial charge in [0, 0.05) is 5.46 Å². The van der Waals surface area contributed by atoms with Crippen LogP contribution in [-0.4, -0.2) is 30.9 Å². The summed E-state index contributed by atoms with van der Waals surface area (Å²) in [5, 5.41) is 18.5. The van der Waals surface area contributed by atoms with Crippen molar-refractivity contribution in [2.24, 2.45) is 5.92 Å². The van der Waals surface area contributed by atoms with Crippen LogP contribution in [0.15, 0.2) is 18.2 Å². The van der Waals surface area contributed by atoms with Crippen molar-refractivity contribution in [2.45, 2.75) is 12.8 Å². The van der Waals surface area contributed by atoms with Crippen molar-refractivity contribution in [1.82, 2.24) is 0 Å². The Morgan fingerprint density at radius 1 is 1.38 bits per heavy atom. The molecular formula is C11H15BO4. The van der Waals surface area contributed by atoms with Crippen LogP contribution in [-0.2, 0) is 0 Å². The molecular weight excluding hydrogens is 207 g/mol. The molecule has 1 aromatic rings. The molecule has 0 unspecified atom stereocenters. The smallest absolute Gasteiger partial charge is 0.492 e. The van der Waals surface area contributed by atoms with Gasteiger partial charge in [-0.25, -0.2) is 0 Å². The third-order valence-electron chi connectivity index (χ3n) is 2.67. The molecule has 0 aromatic heterocycles. The second-order valence-corrected chi connectivity index (χ2v) is 4.03. The highest BCUT2D eigenvalue weighted by Gasteiger charge is 2.24. The first-order valence-corrected chi connectivity index (χ1v) is 5.37. The molecule has 1 fully saturated rings. The van der Waals surface area contributed by atoms with Gasteiger partial charge in [0.15, 0.2) is 0 Å². The van der Waals surface area contributed by atoms with E-state index in [4.69, 9.17) is 9.47 Å². The maximum Gasteiger partial charge on any atom is 0.492 e. The van der Waals surface area contributed by atoms with Crippen molar-refractivity contribution in [3.8, 4) is 11.5 Å². The standard InChI is InChI=1S/C11H15BO4/c1-15-9-4-5-11(10(6-9)12(13)14)16-7-8-2-3-8/h4-6,8,13-14H,2-3,7H2,1H3. The summed E-state index contributed by atoms with van der Waals surface area (Å²) in [5.41, 5.74) is 0.347. The van der Waals surface area contributed by atoms with Crippen LogP contribution >= 0.6 is 0 Å². The van der Waals surface area contributed by atoms with E-state index in [1.54, 1.807) is 18.2 Å². The first-order chi connectivity index (χ1) is 7.70. The summed E-state index contributed by atoms with van der Waals surface area (Å²) in [4.78, 5) is 0. The molecule has 0 amide bonds. The summed E-state index contributed by atoms with van der Waals surface area (Å²) < 4.78 is 10.6. The van der Waals surface area contributed by atoms with Crippen LogP contribution < -0.4 is 14.9 Å². The van der Waals surface area contributed by atoms with E-state index in [2.05, 4.69) is 0 Å². The third kappa shape index (κ3) is 2.68. The monoisotopic (exact) mass is 222 g/mol. The second kappa shape index (κ2) is 4.76. The van der Waals surface area contributed by atoms with Gasteiger partial charge < -0.3 is 19.5 Å². The van der Waals surface area contributed by atoms with Crippen molar-refractivity contribution in [1.29, 1.82) is 0 Å². The Morgan fingerprint density at radius 2 is 2.12 bits per heavy atom. The third-order valence-corrected chi connectivity index (χ3v) is 2.67. The fraction of sp³-hybridized carbons (Fsp3) is 0.455. The molecule has 1 aromatic carbocycles. The maximum absolute atomic E-state index is 9.23. The van der Waals surface area contributed by atoms with Crippen molar-refractivity contribution in [2.75, 3.05) is 13.7 Å². The van der Waals surface area contributed by atoms with Crippen molar-refractivity contribution in [3.05, 3.63) is 18.2 Å². The summed E-state index contributed by atoms with van der Waals surface area (Å²) in [6.07, 6.45) is 2.40. The molecule has 0 heterocycles. The lowest BCUT2D eigenvalue weighted by molar-refractivity contribution is 0.299. The Hall–Kier alpha value is -1.20. The average Bonchev–Trinajstić information content (AvgIpc) is 3.09. The number of hydrogen-bond acceptors (Lipinski definition) is 4. The maximum atomic E-state index is 9.23. The number of hydrogen-bond donors (Lipinski definition) is 2. The van der Waals surface area contributed by atoms with E-state index in [1.807, 2.05) is 0 Å². The lowest BCUT2D eigenvalue weighted by Gasteiger charge is -2.12. The Balaban J connectivity index is 2.13. The minimum absolute atomic E-state index is 0.347. The number of benzene rings is 1. The number of rotatable bonds is 5. The van der Waals surface area contributed by atoms with Gasteiger partial charge in [0.2, 0.25) is 0 Å². The lowest BCUT2D eigenvalue weighted by Crippen LogP contribution is -2.31. The molecule has 1 aliphatic carbocycles. The number of ether oxygens (including phenoxy) is 2. The van der Waals surface area contributed by atoms with Crippen LogP contribution in [0, 0.1) is 5.92 Å². The fourth-order valence-corrected chi connectivity index (χ4v) is 1.48. The summed E-state index contributed by atoms with van der Waals surface area (Å²) in [7, 11) is -0.00237. The zero-order chi connectivity index (χ0) is 11.5. The molecule has 0 radical (unpaired) electrons. The molecule has 4 nitrogen and oxygen atoms in total. The Kier molecular flexibility index (Phi) is 3.36. The molecule has 16 heavy (non-hydrogen) atoms. The van der Waals surface area contributed by atoms with Gasteiger partial charge in [0.05, 0.1) is 13.7 Å². The zero-order valence-corrected chi connectivity index (χ0v) is 9.22.